The van der Waals surface area contributed by atoms with Crippen LogP contribution in [0.1, 0.15) is 74.5 Å². The molecule has 2 rings (SSSR count). The van der Waals surface area contributed by atoms with Crippen LogP contribution < -0.4 is 10.9 Å². The summed E-state index contributed by atoms with van der Waals surface area (Å²) < 4.78 is 1.72. The van der Waals surface area contributed by atoms with Crippen molar-refractivity contribution in [2.45, 2.75) is 78.3 Å². The van der Waals surface area contributed by atoms with E-state index in [2.05, 4.69) is 19.2 Å². The van der Waals surface area contributed by atoms with Crippen LogP contribution in [-0.2, 0) is 17.8 Å². The van der Waals surface area contributed by atoms with Gasteiger partial charge in [-0.25, -0.2) is 0 Å². The van der Waals surface area contributed by atoms with Crippen molar-refractivity contribution in [3.8, 4) is 0 Å². The fourth-order valence-electron chi connectivity index (χ4n) is 3.65. The van der Waals surface area contributed by atoms with Crippen molar-refractivity contribution in [2.24, 2.45) is 5.92 Å². The van der Waals surface area contributed by atoms with E-state index in [9.17, 15) is 14.4 Å². The Morgan fingerprint density at radius 2 is 2.00 bits per heavy atom. The molecule has 0 saturated heterocycles. The van der Waals surface area contributed by atoms with Gasteiger partial charge in [0.15, 0.2) is 0 Å². The summed E-state index contributed by atoms with van der Waals surface area (Å²) in [6.07, 6.45) is 3.65. The molecule has 1 aliphatic rings. The second-order valence-electron chi connectivity index (χ2n) is 7.84. The number of hydrogen-bond donors (Lipinski definition) is 2. The third-order valence-corrected chi connectivity index (χ3v) is 5.31. The van der Waals surface area contributed by atoms with Crippen molar-refractivity contribution in [3.63, 3.8) is 0 Å². The van der Waals surface area contributed by atoms with Crippen molar-refractivity contribution in [2.75, 3.05) is 0 Å². The van der Waals surface area contributed by atoms with Gasteiger partial charge in [0, 0.05) is 12.2 Å². The summed E-state index contributed by atoms with van der Waals surface area (Å²) in [5.74, 6) is -0.935. The number of carboxylic acid groups (broad SMARTS) is 1. The number of pyridine rings is 1. The average Bonchev–Trinajstić information content (AvgIpc) is 2.52. The predicted octanol–water partition coefficient (Wildman–Crippen LogP) is 2.89. The fraction of sp³-hybridized carbons (Fsp3) is 0.650. The topological polar surface area (TPSA) is 88.4 Å². The SMILES string of the molecule is CCc1c(C)cc(C(=O)NC2(CC(=O)O)CCC2)c(=O)n1CCC(C)C. The highest BCUT2D eigenvalue weighted by molar-refractivity contribution is 5.95. The molecule has 1 saturated carbocycles. The number of aryl methyl sites for hydroxylation is 1. The number of carboxylic acids is 1. The van der Waals surface area contributed by atoms with Gasteiger partial charge in [-0.1, -0.05) is 20.8 Å². The van der Waals surface area contributed by atoms with Crippen LogP contribution in [0.25, 0.3) is 0 Å². The molecule has 1 aliphatic carbocycles. The van der Waals surface area contributed by atoms with E-state index < -0.39 is 17.4 Å². The van der Waals surface area contributed by atoms with E-state index in [1.165, 1.54) is 0 Å². The maximum Gasteiger partial charge on any atom is 0.305 e. The highest BCUT2D eigenvalue weighted by Crippen LogP contribution is 2.35. The number of amides is 1. The normalized spacial score (nSPS) is 15.6. The molecule has 0 aliphatic heterocycles. The van der Waals surface area contributed by atoms with Gasteiger partial charge in [-0.05, 0) is 56.6 Å². The first kappa shape index (κ1) is 20.2. The number of rotatable bonds is 8. The average molecular weight is 362 g/mol. The molecule has 0 radical (unpaired) electrons. The fourth-order valence-corrected chi connectivity index (χ4v) is 3.65. The third kappa shape index (κ3) is 4.34. The molecule has 0 unspecified atom stereocenters. The third-order valence-electron chi connectivity index (χ3n) is 5.31. The van der Waals surface area contributed by atoms with Gasteiger partial charge in [0.1, 0.15) is 5.56 Å². The van der Waals surface area contributed by atoms with Gasteiger partial charge in [0.05, 0.1) is 12.0 Å². The Morgan fingerprint density at radius 1 is 1.35 bits per heavy atom. The summed E-state index contributed by atoms with van der Waals surface area (Å²) in [6, 6.07) is 1.65. The van der Waals surface area contributed by atoms with E-state index in [-0.39, 0.29) is 17.5 Å². The van der Waals surface area contributed by atoms with Crippen molar-refractivity contribution in [1.29, 1.82) is 0 Å². The van der Waals surface area contributed by atoms with E-state index in [1.54, 1.807) is 10.6 Å². The highest BCUT2D eigenvalue weighted by Gasteiger charge is 2.41. The monoisotopic (exact) mass is 362 g/mol. The van der Waals surface area contributed by atoms with Crippen LogP contribution in [0.5, 0.6) is 0 Å². The van der Waals surface area contributed by atoms with Gasteiger partial charge < -0.3 is 15.0 Å². The molecule has 6 heteroatoms. The first-order valence-electron chi connectivity index (χ1n) is 9.46. The number of carbonyl (C=O) groups is 2. The smallest absolute Gasteiger partial charge is 0.305 e. The molecule has 1 aromatic rings. The van der Waals surface area contributed by atoms with Crippen LogP contribution in [0.15, 0.2) is 10.9 Å². The summed E-state index contributed by atoms with van der Waals surface area (Å²) in [7, 11) is 0. The lowest BCUT2D eigenvalue weighted by atomic mass is 9.74. The lowest BCUT2D eigenvalue weighted by Crippen LogP contribution is -2.55. The predicted molar refractivity (Wildman–Crippen MR) is 101 cm³/mol. The number of nitrogens with zero attached hydrogens (tertiary/aromatic N) is 1. The molecular weight excluding hydrogens is 332 g/mol. The zero-order valence-electron chi connectivity index (χ0n) is 16.2. The summed E-state index contributed by atoms with van der Waals surface area (Å²) >= 11 is 0. The van der Waals surface area contributed by atoms with E-state index in [1.807, 2.05) is 13.8 Å². The lowest BCUT2D eigenvalue weighted by molar-refractivity contribution is -0.139. The van der Waals surface area contributed by atoms with Crippen molar-refractivity contribution in [1.82, 2.24) is 9.88 Å². The number of nitrogens with one attached hydrogen (secondary N) is 1. The minimum atomic E-state index is -0.933. The number of hydrogen-bond acceptors (Lipinski definition) is 3. The number of aliphatic carboxylic acids is 1. The molecular formula is C20H30N2O4. The van der Waals surface area contributed by atoms with Gasteiger partial charge in [-0.2, -0.15) is 0 Å². The molecule has 144 valence electrons. The standard InChI is InChI=1S/C20H30N2O4/c1-5-16-14(4)11-15(19(26)22(16)10-7-13(2)3)18(25)21-20(8-6-9-20)12-17(23)24/h11,13H,5-10,12H2,1-4H3,(H,21,25)(H,23,24). The van der Waals surface area contributed by atoms with Gasteiger partial charge in [0.25, 0.3) is 11.5 Å². The molecule has 1 heterocycles. The maximum absolute atomic E-state index is 13.0. The largest absolute Gasteiger partial charge is 0.481 e. The zero-order valence-corrected chi connectivity index (χ0v) is 16.2. The molecule has 0 aromatic carbocycles. The second kappa shape index (κ2) is 8.06. The van der Waals surface area contributed by atoms with Crippen LogP contribution in [0, 0.1) is 12.8 Å². The summed E-state index contributed by atoms with van der Waals surface area (Å²) in [5, 5.41) is 12.0. The Kier molecular flexibility index (Phi) is 6.26. The molecule has 0 spiro atoms. The van der Waals surface area contributed by atoms with Gasteiger partial charge in [-0.3, -0.25) is 14.4 Å². The van der Waals surface area contributed by atoms with Gasteiger partial charge >= 0.3 is 5.97 Å². The molecule has 1 fully saturated rings. The van der Waals surface area contributed by atoms with Crippen molar-refractivity contribution in [3.05, 3.63) is 33.2 Å². The maximum atomic E-state index is 13.0. The minimum Gasteiger partial charge on any atom is -0.481 e. The lowest BCUT2D eigenvalue weighted by Gasteiger charge is -2.41. The molecule has 1 aromatic heterocycles. The Morgan fingerprint density at radius 3 is 2.46 bits per heavy atom. The number of carbonyl (C=O) groups excluding carboxylic acids is 1. The Labute approximate surface area is 154 Å². The zero-order chi connectivity index (χ0) is 19.5. The van der Waals surface area contributed by atoms with Crippen LogP contribution >= 0.6 is 0 Å². The van der Waals surface area contributed by atoms with E-state index in [4.69, 9.17) is 5.11 Å². The number of aromatic nitrogens is 1. The Hall–Kier alpha value is -2.11. The molecule has 0 bridgehead atoms. The first-order chi connectivity index (χ1) is 12.2. The molecule has 0 atom stereocenters. The first-order valence-corrected chi connectivity index (χ1v) is 9.46. The van der Waals surface area contributed by atoms with Crippen LogP contribution in [0.3, 0.4) is 0 Å². The van der Waals surface area contributed by atoms with Crippen molar-refractivity contribution < 1.29 is 14.7 Å². The summed E-state index contributed by atoms with van der Waals surface area (Å²) in [4.78, 5) is 36.9. The minimum absolute atomic E-state index is 0.105. The second-order valence-corrected chi connectivity index (χ2v) is 7.84. The Bertz CT molecular complexity index is 745. The van der Waals surface area contributed by atoms with E-state index in [0.29, 0.717) is 25.3 Å². The summed E-state index contributed by atoms with van der Waals surface area (Å²) in [6.45, 7) is 8.71. The van der Waals surface area contributed by atoms with Crippen molar-refractivity contribution >= 4 is 11.9 Å². The molecule has 1 amide bonds. The van der Waals surface area contributed by atoms with E-state index >= 15 is 0 Å². The molecule has 6 nitrogen and oxygen atoms in total. The van der Waals surface area contributed by atoms with Crippen LogP contribution in [0.2, 0.25) is 0 Å². The van der Waals surface area contributed by atoms with Crippen LogP contribution in [0.4, 0.5) is 0 Å². The highest BCUT2D eigenvalue weighted by atomic mass is 16.4. The quantitative estimate of drug-likeness (QED) is 0.744. The van der Waals surface area contributed by atoms with Gasteiger partial charge in [0.2, 0.25) is 0 Å². The molecule has 2 N–H and O–H groups in total. The molecule has 26 heavy (non-hydrogen) atoms. The Balaban J connectivity index is 2.35. The summed E-state index contributed by atoms with van der Waals surface area (Å²) in [5.41, 5.74) is 0.989. The van der Waals surface area contributed by atoms with E-state index in [0.717, 1.165) is 30.5 Å². The van der Waals surface area contributed by atoms with Crippen LogP contribution in [-0.4, -0.2) is 27.1 Å². The van der Waals surface area contributed by atoms with Gasteiger partial charge in [-0.15, -0.1) is 0 Å².